The zero-order valence-electron chi connectivity index (χ0n) is 10.8. The molecule has 1 rings (SSSR count). The van der Waals surface area contributed by atoms with E-state index in [2.05, 4.69) is 43.1 Å². The second-order valence-electron chi connectivity index (χ2n) is 4.98. The summed E-state index contributed by atoms with van der Waals surface area (Å²) < 4.78 is 1.88. The molecular weight excluding hydrogens is 200 g/mol. The molecule has 4 heteroatoms. The Balaban J connectivity index is 2.13. The van der Waals surface area contributed by atoms with E-state index in [-0.39, 0.29) is 0 Å². The molecule has 1 N–H and O–H groups in total. The summed E-state index contributed by atoms with van der Waals surface area (Å²) in [7, 11) is 0. The largest absolute Gasteiger partial charge is 0.314 e. The number of hydrogen-bond donors (Lipinski definition) is 1. The predicted octanol–water partition coefficient (Wildman–Crippen LogP) is 1.94. The molecule has 1 aromatic heterocycles. The third-order valence-electron chi connectivity index (χ3n) is 3.18. The van der Waals surface area contributed by atoms with Crippen LogP contribution in [0.1, 0.15) is 34.1 Å². The quantitative estimate of drug-likeness (QED) is 0.769. The van der Waals surface area contributed by atoms with E-state index in [4.69, 9.17) is 0 Å². The van der Waals surface area contributed by atoms with Crippen molar-refractivity contribution in [1.29, 1.82) is 0 Å². The third kappa shape index (κ3) is 4.75. The van der Waals surface area contributed by atoms with Gasteiger partial charge in [0.15, 0.2) is 0 Å². The normalized spacial score (nSPS) is 15.3. The maximum atomic E-state index is 4.09. The summed E-state index contributed by atoms with van der Waals surface area (Å²) in [6.07, 6.45) is 4.44. The standard InChI is InChI=1S/C12H24N4/c1-10(2)11(3)7-14-12(4)5-6-16-9-13-8-15-16/h8-12,14H,5-7H2,1-4H3. The van der Waals surface area contributed by atoms with Crippen LogP contribution in [0.4, 0.5) is 0 Å². The van der Waals surface area contributed by atoms with Crippen LogP contribution in [-0.4, -0.2) is 27.4 Å². The van der Waals surface area contributed by atoms with Crippen molar-refractivity contribution in [3.05, 3.63) is 12.7 Å². The smallest absolute Gasteiger partial charge is 0.137 e. The fourth-order valence-electron chi connectivity index (χ4n) is 1.40. The minimum atomic E-state index is 0.533. The first-order valence-corrected chi connectivity index (χ1v) is 6.15. The van der Waals surface area contributed by atoms with Crippen molar-refractivity contribution < 1.29 is 0 Å². The average Bonchev–Trinajstić information content (AvgIpc) is 2.75. The van der Waals surface area contributed by atoms with E-state index in [1.54, 1.807) is 12.7 Å². The minimum Gasteiger partial charge on any atom is -0.314 e. The van der Waals surface area contributed by atoms with E-state index < -0.39 is 0 Å². The molecule has 0 bridgehead atoms. The van der Waals surface area contributed by atoms with Gasteiger partial charge in [-0.25, -0.2) is 4.98 Å². The van der Waals surface area contributed by atoms with E-state index in [0.717, 1.165) is 31.3 Å². The van der Waals surface area contributed by atoms with Crippen LogP contribution in [0.25, 0.3) is 0 Å². The molecule has 2 unspecified atom stereocenters. The van der Waals surface area contributed by atoms with E-state index in [1.807, 2.05) is 4.68 Å². The number of aryl methyl sites for hydroxylation is 1. The van der Waals surface area contributed by atoms with Crippen molar-refractivity contribution in [2.24, 2.45) is 11.8 Å². The topological polar surface area (TPSA) is 42.7 Å². The molecule has 0 saturated carbocycles. The number of hydrogen-bond acceptors (Lipinski definition) is 3. The zero-order valence-corrected chi connectivity index (χ0v) is 10.8. The highest BCUT2D eigenvalue weighted by Crippen LogP contribution is 2.08. The highest BCUT2D eigenvalue weighted by molar-refractivity contribution is 4.66. The Morgan fingerprint density at radius 3 is 2.56 bits per heavy atom. The summed E-state index contributed by atoms with van der Waals surface area (Å²) in [5.74, 6) is 1.48. The van der Waals surface area contributed by atoms with Crippen LogP contribution in [0.2, 0.25) is 0 Å². The molecule has 0 saturated heterocycles. The van der Waals surface area contributed by atoms with Gasteiger partial charge in [0, 0.05) is 12.6 Å². The van der Waals surface area contributed by atoms with E-state index in [0.29, 0.717) is 6.04 Å². The van der Waals surface area contributed by atoms with Gasteiger partial charge in [-0.1, -0.05) is 20.8 Å². The predicted molar refractivity (Wildman–Crippen MR) is 66.1 cm³/mol. The Hall–Kier alpha value is -0.900. The molecule has 0 radical (unpaired) electrons. The highest BCUT2D eigenvalue weighted by atomic mass is 15.3. The molecule has 0 fully saturated rings. The number of rotatable bonds is 7. The van der Waals surface area contributed by atoms with E-state index in [1.165, 1.54) is 0 Å². The molecule has 1 aromatic rings. The van der Waals surface area contributed by atoms with E-state index >= 15 is 0 Å². The summed E-state index contributed by atoms with van der Waals surface area (Å²) in [5, 5.41) is 7.65. The first kappa shape index (κ1) is 13.2. The number of nitrogens with zero attached hydrogens (tertiary/aromatic N) is 3. The molecule has 0 amide bonds. The zero-order chi connectivity index (χ0) is 12.0. The second-order valence-corrected chi connectivity index (χ2v) is 4.98. The molecule has 0 aromatic carbocycles. The fraction of sp³-hybridized carbons (Fsp3) is 0.833. The van der Waals surface area contributed by atoms with Gasteiger partial charge < -0.3 is 5.32 Å². The molecule has 0 aliphatic carbocycles. The summed E-state index contributed by atoms with van der Waals surface area (Å²) in [6.45, 7) is 11.1. The minimum absolute atomic E-state index is 0.533. The Morgan fingerprint density at radius 1 is 1.25 bits per heavy atom. The van der Waals surface area contributed by atoms with Crippen LogP contribution in [0, 0.1) is 11.8 Å². The first-order chi connectivity index (χ1) is 7.59. The number of aromatic nitrogens is 3. The summed E-state index contributed by atoms with van der Waals surface area (Å²) in [4.78, 5) is 3.93. The molecule has 0 spiro atoms. The van der Waals surface area contributed by atoms with Crippen molar-refractivity contribution in [1.82, 2.24) is 20.1 Å². The molecular formula is C12H24N4. The van der Waals surface area contributed by atoms with Crippen molar-refractivity contribution >= 4 is 0 Å². The molecule has 0 aliphatic heterocycles. The number of nitrogens with one attached hydrogen (secondary N) is 1. The monoisotopic (exact) mass is 224 g/mol. The lowest BCUT2D eigenvalue weighted by atomic mass is 9.98. The highest BCUT2D eigenvalue weighted by Gasteiger charge is 2.08. The van der Waals surface area contributed by atoms with Gasteiger partial charge in [-0.15, -0.1) is 0 Å². The lowest BCUT2D eigenvalue weighted by molar-refractivity contribution is 0.359. The van der Waals surface area contributed by atoms with Gasteiger partial charge in [0.1, 0.15) is 12.7 Å². The Kier molecular flexibility index (Phi) is 5.46. The summed E-state index contributed by atoms with van der Waals surface area (Å²) >= 11 is 0. The van der Waals surface area contributed by atoms with Crippen molar-refractivity contribution in [2.75, 3.05) is 6.54 Å². The van der Waals surface area contributed by atoms with Gasteiger partial charge >= 0.3 is 0 Å². The lowest BCUT2D eigenvalue weighted by Gasteiger charge is -2.20. The van der Waals surface area contributed by atoms with Gasteiger partial charge in [-0.2, -0.15) is 5.10 Å². The Labute approximate surface area is 98.5 Å². The molecule has 0 aliphatic rings. The lowest BCUT2D eigenvalue weighted by Crippen LogP contribution is -2.32. The molecule has 16 heavy (non-hydrogen) atoms. The average molecular weight is 224 g/mol. The molecule has 1 heterocycles. The maximum absolute atomic E-state index is 4.09. The third-order valence-corrected chi connectivity index (χ3v) is 3.18. The van der Waals surface area contributed by atoms with Crippen molar-refractivity contribution in [2.45, 2.75) is 46.7 Å². The molecule has 4 nitrogen and oxygen atoms in total. The second kappa shape index (κ2) is 6.63. The fourth-order valence-corrected chi connectivity index (χ4v) is 1.40. The first-order valence-electron chi connectivity index (χ1n) is 6.15. The molecule has 2 atom stereocenters. The maximum Gasteiger partial charge on any atom is 0.137 e. The van der Waals surface area contributed by atoms with Gasteiger partial charge in [0.2, 0.25) is 0 Å². The van der Waals surface area contributed by atoms with E-state index in [9.17, 15) is 0 Å². The van der Waals surface area contributed by atoms with Crippen LogP contribution in [0.5, 0.6) is 0 Å². The van der Waals surface area contributed by atoms with Crippen LogP contribution in [0.3, 0.4) is 0 Å². The Bertz CT molecular complexity index is 269. The van der Waals surface area contributed by atoms with Gasteiger partial charge in [0.05, 0.1) is 0 Å². The van der Waals surface area contributed by atoms with Gasteiger partial charge in [0.25, 0.3) is 0 Å². The SMILES string of the molecule is CC(CCn1cncn1)NCC(C)C(C)C. The van der Waals surface area contributed by atoms with Crippen LogP contribution in [0.15, 0.2) is 12.7 Å². The Morgan fingerprint density at radius 2 is 2.00 bits per heavy atom. The van der Waals surface area contributed by atoms with Gasteiger partial charge in [-0.3, -0.25) is 4.68 Å². The summed E-state index contributed by atoms with van der Waals surface area (Å²) in [5.41, 5.74) is 0. The summed E-state index contributed by atoms with van der Waals surface area (Å²) in [6, 6.07) is 0.533. The van der Waals surface area contributed by atoms with Gasteiger partial charge in [-0.05, 0) is 31.7 Å². The van der Waals surface area contributed by atoms with Crippen LogP contribution < -0.4 is 5.32 Å². The van der Waals surface area contributed by atoms with Crippen LogP contribution in [-0.2, 0) is 6.54 Å². The van der Waals surface area contributed by atoms with Crippen molar-refractivity contribution in [3.8, 4) is 0 Å². The van der Waals surface area contributed by atoms with Crippen LogP contribution >= 0.6 is 0 Å². The molecule has 92 valence electrons. The van der Waals surface area contributed by atoms with Crippen molar-refractivity contribution in [3.63, 3.8) is 0 Å².